The number of alkyl halides is 3. The zero-order chi connectivity index (χ0) is 16.4. The molecule has 0 radical (unpaired) electrons. The van der Waals surface area contributed by atoms with E-state index in [4.69, 9.17) is 0 Å². The van der Waals surface area contributed by atoms with Crippen LogP contribution in [-0.2, 0) is 12.6 Å². The van der Waals surface area contributed by atoms with E-state index in [0.717, 1.165) is 0 Å². The van der Waals surface area contributed by atoms with Crippen molar-refractivity contribution >= 4 is 0 Å². The molecule has 0 fully saturated rings. The van der Waals surface area contributed by atoms with Crippen LogP contribution >= 0.6 is 0 Å². The van der Waals surface area contributed by atoms with Crippen LogP contribution in [0.1, 0.15) is 17.0 Å². The number of nitrogens with zero attached hydrogens (tertiary/aromatic N) is 4. The van der Waals surface area contributed by atoms with Gasteiger partial charge in [-0.2, -0.15) is 18.2 Å². The highest BCUT2D eigenvalue weighted by Crippen LogP contribution is 2.30. The second kappa shape index (κ2) is 5.63. The molecule has 0 aromatic carbocycles. The molecule has 3 aromatic rings. The number of rotatable bonds is 3. The number of hydrogen-bond acceptors (Lipinski definition) is 6. The minimum atomic E-state index is -4.75. The quantitative estimate of drug-likeness (QED) is 0.789. The Hall–Kier alpha value is -3.04. The summed E-state index contributed by atoms with van der Waals surface area (Å²) in [5.74, 6) is -1.78. The number of aromatic nitrogens is 5. The maximum Gasteiger partial charge on any atom is 0.471 e. The molecule has 0 saturated heterocycles. The van der Waals surface area contributed by atoms with Crippen molar-refractivity contribution in [1.29, 1.82) is 0 Å². The third-order valence-corrected chi connectivity index (χ3v) is 2.97. The Kier molecular flexibility index (Phi) is 3.64. The molecular formula is C13H8F3N5O2. The van der Waals surface area contributed by atoms with Gasteiger partial charge in [-0.15, -0.1) is 0 Å². The van der Waals surface area contributed by atoms with Gasteiger partial charge in [-0.05, 0) is 11.6 Å². The summed E-state index contributed by atoms with van der Waals surface area (Å²) in [6.07, 6.45) is 0.990. The molecule has 3 aromatic heterocycles. The number of H-pyrrole nitrogens is 1. The molecule has 0 unspecified atom stereocenters. The first-order valence-corrected chi connectivity index (χ1v) is 6.31. The fourth-order valence-corrected chi connectivity index (χ4v) is 1.97. The second-order valence-electron chi connectivity index (χ2n) is 4.54. The van der Waals surface area contributed by atoms with Crippen LogP contribution in [0.15, 0.2) is 40.3 Å². The normalized spacial score (nSPS) is 11.6. The van der Waals surface area contributed by atoms with Crippen LogP contribution in [0.25, 0.3) is 11.4 Å². The number of pyridine rings is 1. The maximum atomic E-state index is 12.6. The van der Waals surface area contributed by atoms with E-state index in [2.05, 4.69) is 29.6 Å². The van der Waals surface area contributed by atoms with Crippen molar-refractivity contribution in [2.24, 2.45) is 0 Å². The monoisotopic (exact) mass is 323 g/mol. The summed E-state index contributed by atoms with van der Waals surface area (Å²) < 4.78 is 41.9. The molecule has 0 atom stereocenters. The molecule has 0 amide bonds. The van der Waals surface area contributed by atoms with Crippen LogP contribution in [0, 0.1) is 0 Å². The van der Waals surface area contributed by atoms with E-state index in [9.17, 15) is 18.0 Å². The van der Waals surface area contributed by atoms with E-state index in [0.29, 0.717) is 5.56 Å². The topological polar surface area (TPSA) is 97.6 Å². The van der Waals surface area contributed by atoms with Gasteiger partial charge in [0.05, 0.1) is 0 Å². The minimum Gasteiger partial charge on any atom is -0.329 e. The first-order valence-electron chi connectivity index (χ1n) is 6.31. The first-order chi connectivity index (χ1) is 10.9. The second-order valence-corrected chi connectivity index (χ2v) is 4.54. The largest absolute Gasteiger partial charge is 0.471 e. The molecule has 118 valence electrons. The highest BCUT2D eigenvalue weighted by Gasteiger charge is 2.38. The SMILES string of the molecule is O=c1[nH]ccc(-c2noc(C(F)(F)F)n2)c1Cc1cncnc1. The van der Waals surface area contributed by atoms with Crippen LogP contribution in [-0.4, -0.2) is 25.1 Å². The summed E-state index contributed by atoms with van der Waals surface area (Å²) in [5.41, 5.74) is 0.489. The van der Waals surface area contributed by atoms with Gasteiger partial charge >= 0.3 is 12.1 Å². The molecular weight excluding hydrogens is 315 g/mol. The van der Waals surface area contributed by atoms with Gasteiger partial charge in [-0.3, -0.25) is 4.79 Å². The number of aromatic amines is 1. The Bertz CT molecular complexity index is 873. The van der Waals surface area contributed by atoms with Crippen molar-refractivity contribution in [2.45, 2.75) is 12.6 Å². The fourth-order valence-electron chi connectivity index (χ4n) is 1.97. The molecule has 0 saturated carbocycles. The highest BCUT2D eigenvalue weighted by molar-refractivity contribution is 5.59. The van der Waals surface area contributed by atoms with E-state index in [-0.39, 0.29) is 23.4 Å². The van der Waals surface area contributed by atoms with Crippen molar-refractivity contribution in [3.8, 4) is 11.4 Å². The Balaban J connectivity index is 2.05. The molecule has 0 aliphatic carbocycles. The average Bonchev–Trinajstić information content (AvgIpc) is 3.00. The molecule has 7 nitrogen and oxygen atoms in total. The summed E-state index contributed by atoms with van der Waals surface area (Å²) in [6, 6.07) is 1.41. The first kappa shape index (κ1) is 14.9. The smallest absolute Gasteiger partial charge is 0.329 e. The van der Waals surface area contributed by atoms with Crippen molar-refractivity contribution in [3.63, 3.8) is 0 Å². The summed E-state index contributed by atoms with van der Waals surface area (Å²) in [7, 11) is 0. The van der Waals surface area contributed by atoms with E-state index in [1.165, 1.54) is 31.0 Å². The van der Waals surface area contributed by atoms with E-state index in [1.807, 2.05) is 0 Å². The van der Waals surface area contributed by atoms with Gasteiger partial charge in [0.2, 0.25) is 5.82 Å². The number of hydrogen-bond donors (Lipinski definition) is 1. The zero-order valence-electron chi connectivity index (χ0n) is 11.3. The van der Waals surface area contributed by atoms with E-state index >= 15 is 0 Å². The Morgan fingerprint density at radius 3 is 2.61 bits per heavy atom. The van der Waals surface area contributed by atoms with Gasteiger partial charge in [-0.25, -0.2) is 9.97 Å². The molecule has 10 heteroatoms. The Morgan fingerprint density at radius 2 is 1.96 bits per heavy atom. The maximum absolute atomic E-state index is 12.6. The fraction of sp³-hybridized carbons (Fsp3) is 0.154. The van der Waals surface area contributed by atoms with Gasteiger partial charge in [0.1, 0.15) is 6.33 Å². The Labute approximate surface area is 126 Å². The zero-order valence-corrected chi connectivity index (χ0v) is 11.3. The predicted molar refractivity (Wildman–Crippen MR) is 70.2 cm³/mol. The molecule has 0 bridgehead atoms. The Morgan fingerprint density at radius 1 is 1.22 bits per heavy atom. The van der Waals surface area contributed by atoms with Crippen molar-refractivity contribution in [1.82, 2.24) is 25.1 Å². The van der Waals surface area contributed by atoms with E-state index in [1.54, 1.807) is 0 Å². The van der Waals surface area contributed by atoms with Gasteiger partial charge in [0.15, 0.2) is 0 Å². The van der Waals surface area contributed by atoms with Crippen LogP contribution in [0.4, 0.5) is 13.2 Å². The van der Waals surface area contributed by atoms with Crippen LogP contribution in [0.5, 0.6) is 0 Å². The standard InChI is InChI=1S/C13H8F3N5O2/c14-13(15,16)12-20-10(21-23-12)8-1-2-19-11(22)9(8)3-7-4-17-6-18-5-7/h1-2,4-6H,3H2,(H,19,22). The lowest BCUT2D eigenvalue weighted by atomic mass is 10.0. The third-order valence-electron chi connectivity index (χ3n) is 2.97. The molecule has 1 N–H and O–H groups in total. The lowest BCUT2D eigenvalue weighted by Crippen LogP contribution is -2.14. The van der Waals surface area contributed by atoms with Crippen LogP contribution in [0.2, 0.25) is 0 Å². The van der Waals surface area contributed by atoms with Crippen molar-refractivity contribution in [3.05, 3.63) is 58.4 Å². The van der Waals surface area contributed by atoms with Gasteiger partial charge in [0.25, 0.3) is 5.56 Å². The molecule has 0 aliphatic heterocycles. The van der Waals surface area contributed by atoms with Crippen molar-refractivity contribution in [2.75, 3.05) is 0 Å². The molecule has 23 heavy (non-hydrogen) atoms. The van der Waals surface area contributed by atoms with Gasteiger partial charge in [-0.1, -0.05) is 5.16 Å². The molecule has 0 aliphatic rings. The highest BCUT2D eigenvalue weighted by atomic mass is 19.4. The predicted octanol–water partition coefficient (Wildman–Crippen LogP) is 1.82. The van der Waals surface area contributed by atoms with Gasteiger partial charge in [0, 0.05) is 36.1 Å². The summed E-state index contributed by atoms with van der Waals surface area (Å²) in [6.45, 7) is 0. The molecule has 3 rings (SSSR count). The number of nitrogens with one attached hydrogen (secondary N) is 1. The van der Waals surface area contributed by atoms with Gasteiger partial charge < -0.3 is 9.51 Å². The van der Waals surface area contributed by atoms with Crippen LogP contribution < -0.4 is 5.56 Å². The average molecular weight is 323 g/mol. The van der Waals surface area contributed by atoms with Crippen LogP contribution in [0.3, 0.4) is 0 Å². The number of halogens is 3. The lowest BCUT2D eigenvalue weighted by molar-refractivity contribution is -0.159. The summed E-state index contributed by atoms with van der Waals surface area (Å²) in [4.78, 5) is 25.4. The summed E-state index contributed by atoms with van der Waals surface area (Å²) in [5, 5.41) is 3.31. The molecule has 3 heterocycles. The minimum absolute atomic E-state index is 0.113. The molecule has 0 spiro atoms. The third kappa shape index (κ3) is 3.10. The van der Waals surface area contributed by atoms with E-state index < -0.39 is 17.6 Å². The lowest BCUT2D eigenvalue weighted by Gasteiger charge is -2.04. The van der Waals surface area contributed by atoms with Crippen molar-refractivity contribution < 1.29 is 17.7 Å². The summed E-state index contributed by atoms with van der Waals surface area (Å²) >= 11 is 0.